The predicted octanol–water partition coefficient (Wildman–Crippen LogP) is 2.31. The van der Waals surface area contributed by atoms with Crippen molar-refractivity contribution in [3.63, 3.8) is 0 Å². The van der Waals surface area contributed by atoms with Crippen molar-refractivity contribution >= 4 is 11.6 Å². The zero-order chi connectivity index (χ0) is 15.2. The summed E-state index contributed by atoms with van der Waals surface area (Å²) in [4.78, 5) is 18.7. The van der Waals surface area contributed by atoms with Crippen molar-refractivity contribution in [3.05, 3.63) is 29.8 Å². The lowest BCUT2D eigenvalue weighted by molar-refractivity contribution is 0.0773. The molecule has 1 aliphatic heterocycles. The number of carbonyl (C=O) groups excluding carboxylic acids is 1. The smallest absolute Gasteiger partial charge is 0.253 e. The number of carbonyl (C=O) groups is 1. The van der Waals surface area contributed by atoms with Crippen LogP contribution in [0.1, 0.15) is 29.6 Å². The molecule has 0 aliphatic carbocycles. The van der Waals surface area contributed by atoms with Crippen LogP contribution in [0.5, 0.6) is 0 Å². The van der Waals surface area contributed by atoms with Crippen LogP contribution >= 0.6 is 0 Å². The Balaban J connectivity index is 1.86. The highest BCUT2D eigenvalue weighted by Crippen LogP contribution is 2.14. The quantitative estimate of drug-likeness (QED) is 0.832. The summed E-state index contributed by atoms with van der Waals surface area (Å²) in [6.07, 6.45) is 3.94. The monoisotopic (exact) mass is 289 g/mol. The number of hydrogen-bond acceptors (Lipinski definition) is 3. The second-order valence-electron chi connectivity index (χ2n) is 6.07. The molecule has 0 aromatic heterocycles. The normalized spacial score (nSPS) is 15.8. The Hall–Kier alpha value is -1.55. The van der Waals surface area contributed by atoms with E-state index in [1.54, 1.807) is 0 Å². The topological polar surface area (TPSA) is 26.8 Å². The Morgan fingerprint density at radius 2 is 1.67 bits per heavy atom. The predicted molar refractivity (Wildman–Crippen MR) is 88.0 cm³/mol. The molecule has 0 spiro atoms. The highest BCUT2D eigenvalue weighted by atomic mass is 16.2. The van der Waals surface area contributed by atoms with E-state index in [-0.39, 0.29) is 5.91 Å². The fourth-order valence-electron chi connectivity index (χ4n) is 2.70. The third-order valence-electron chi connectivity index (χ3n) is 4.18. The van der Waals surface area contributed by atoms with Crippen LogP contribution < -0.4 is 4.90 Å². The minimum absolute atomic E-state index is 0.109. The fraction of sp³-hybridized carbons (Fsp3) is 0.588. The first-order valence-corrected chi connectivity index (χ1v) is 7.83. The summed E-state index contributed by atoms with van der Waals surface area (Å²) < 4.78 is 0. The van der Waals surface area contributed by atoms with E-state index < -0.39 is 0 Å². The first-order valence-electron chi connectivity index (χ1n) is 7.83. The third kappa shape index (κ3) is 4.46. The van der Waals surface area contributed by atoms with Crippen molar-refractivity contribution < 1.29 is 4.79 Å². The fourth-order valence-corrected chi connectivity index (χ4v) is 2.70. The minimum Gasteiger partial charge on any atom is -0.378 e. The zero-order valence-electron chi connectivity index (χ0n) is 13.5. The Labute approximate surface area is 128 Å². The molecule has 1 aromatic rings. The standard InChI is InChI=1S/C17H27N3O/c1-18(2)16-9-7-15(8-10-16)17(21)19(3)13-14-20-11-5-4-6-12-20/h7-10H,4-6,11-14H2,1-3H3. The minimum atomic E-state index is 0.109. The van der Waals surface area contributed by atoms with E-state index in [1.165, 1.54) is 32.4 Å². The molecule has 21 heavy (non-hydrogen) atoms. The molecule has 0 N–H and O–H groups in total. The largest absolute Gasteiger partial charge is 0.378 e. The maximum atomic E-state index is 12.4. The molecule has 0 radical (unpaired) electrons. The highest BCUT2D eigenvalue weighted by Gasteiger charge is 2.14. The van der Waals surface area contributed by atoms with Crippen molar-refractivity contribution in [2.24, 2.45) is 0 Å². The Bertz CT molecular complexity index is 450. The summed E-state index contributed by atoms with van der Waals surface area (Å²) in [5, 5.41) is 0. The Morgan fingerprint density at radius 1 is 1.05 bits per heavy atom. The van der Waals surface area contributed by atoms with E-state index in [2.05, 4.69) is 4.90 Å². The number of nitrogens with zero attached hydrogens (tertiary/aromatic N) is 3. The summed E-state index contributed by atoms with van der Waals surface area (Å²) in [7, 11) is 5.90. The van der Waals surface area contributed by atoms with E-state index in [0.29, 0.717) is 0 Å². The molecule has 1 saturated heterocycles. The van der Waals surface area contributed by atoms with Crippen molar-refractivity contribution in [1.82, 2.24) is 9.80 Å². The first kappa shape index (κ1) is 15.8. The number of rotatable bonds is 5. The second kappa shape index (κ2) is 7.46. The van der Waals surface area contributed by atoms with Gasteiger partial charge in [-0.2, -0.15) is 0 Å². The molecule has 0 bridgehead atoms. The SMILES string of the molecule is CN(CCN1CCCCC1)C(=O)c1ccc(N(C)C)cc1. The van der Waals surface area contributed by atoms with Gasteiger partial charge in [-0.05, 0) is 50.2 Å². The van der Waals surface area contributed by atoms with Crippen LogP contribution in [0.4, 0.5) is 5.69 Å². The summed E-state index contributed by atoms with van der Waals surface area (Å²) in [6, 6.07) is 7.81. The average molecular weight is 289 g/mol. The zero-order valence-corrected chi connectivity index (χ0v) is 13.5. The molecule has 0 atom stereocenters. The van der Waals surface area contributed by atoms with Crippen LogP contribution in [0, 0.1) is 0 Å². The summed E-state index contributed by atoms with van der Waals surface area (Å²) in [6.45, 7) is 4.14. The number of anilines is 1. The second-order valence-corrected chi connectivity index (χ2v) is 6.07. The van der Waals surface area contributed by atoms with Gasteiger partial charge in [-0.15, -0.1) is 0 Å². The molecule has 1 fully saturated rings. The van der Waals surface area contributed by atoms with Crippen molar-refractivity contribution in [1.29, 1.82) is 0 Å². The van der Waals surface area contributed by atoms with Gasteiger partial charge in [0.1, 0.15) is 0 Å². The molecule has 0 saturated carbocycles. The van der Waals surface area contributed by atoms with Gasteiger partial charge in [-0.25, -0.2) is 0 Å². The van der Waals surface area contributed by atoms with Gasteiger partial charge >= 0.3 is 0 Å². The van der Waals surface area contributed by atoms with E-state index >= 15 is 0 Å². The van der Waals surface area contributed by atoms with E-state index in [1.807, 2.05) is 55.2 Å². The highest BCUT2D eigenvalue weighted by molar-refractivity contribution is 5.94. The number of likely N-dealkylation sites (tertiary alicyclic amines) is 1. The summed E-state index contributed by atoms with van der Waals surface area (Å²) in [5.74, 6) is 0.109. The molecule has 4 heteroatoms. The summed E-state index contributed by atoms with van der Waals surface area (Å²) >= 11 is 0. The molecular formula is C17H27N3O. The van der Waals surface area contributed by atoms with Crippen molar-refractivity contribution in [3.8, 4) is 0 Å². The van der Waals surface area contributed by atoms with Crippen molar-refractivity contribution in [2.45, 2.75) is 19.3 Å². The van der Waals surface area contributed by atoms with Crippen molar-refractivity contribution in [2.75, 3.05) is 52.2 Å². The lowest BCUT2D eigenvalue weighted by Gasteiger charge is -2.28. The third-order valence-corrected chi connectivity index (χ3v) is 4.18. The number of piperidine rings is 1. The molecule has 0 unspecified atom stereocenters. The van der Waals surface area contributed by atoms with Crippen LogP contribution in [-0.4, -0.2) is 63.0 Å². The number of amides is 1. The molecule has 1 heterocycles. The molecule has 116 valence electrons. The lowest BCUT2D eigenvalue weighted by Crippen LogP contribution is -2.38. The average Bonchev–Trinajstić information content (AvgIpc) is 2.53. The van der Waals surface area contributed by atoms with Crippen LogP contribution in [0.15, 0.2) is 24.3 Å². The van der Waals surface area contributed by atoms with E-state index in [0.717, 1.165) is 24.3 Å². The maximum absolute atomic E-state index is 12.4. The van der Waals surface area contributed by atoms with Gasteiger partial charge < -0.3 is 14.7 Å². The number of likely N-dealkylation sites (N-methyl/N-ethyl adjacent to an activating group) is 1. The molecular weight excluding hydrogens is 262 g/mol. The molecule has 1 aromatic carbocycles. The van der Waals surface area contributed by atoms with Crippen LogP contribution in [0.3, 0.4) is 0 Å². The Morgan fingerprint density at radius 3 is 2.24 bits per heavy atom. The van der Waals surface area contributed by atoms with Gasteiger partial charge in [0.15, 0.2) is 0 Å². The molecule has 4 nitrogen and oxygen atoms in total. The molecule has 1 amide bonds. The van der Waals surface area contributed by atoms with Crippen LogP contribution in [0.2, 0.25) is 0 Å². The first-order chi connectivity index (χ1) is 10.1. The van der Waals surface area contributed by atoms with Gasteiger partial charge in [0, 0.05) is 45.5 Å². The van der Waals surface area contributed by atoms with E-state index in [4.69, 9.17) is 0 Å². The molecule has 1 aliphatic rings. The molecule has 2 rings (SSSR count). The lowest BCUT2D eigenvalue weighted by atomic mass is 10.1. The Kier molecular flexibility index (Phi) is 5.62. The van der Waals surface area contributed by atoms with Gasteiger partial charge in [0.2, 0.25) is 0 Å². The van der Waals surface area contributed by atoms with Crippen LogP contribution in [-0.2, 0) is 0 Å². The maximum Gasteiger partial charge on any atom is 0.253 e. The van der Waals surface area contributed by atoms with Gasteiger partial charge in [-0.1, -0.05) is 6.42 Å². The van der Waals surface area contributed by atoms with Gasteiger partial charge in [-0.3, -0.25) is 4.79 Å². The summed E-state index contributed by atoms with van der Waals surface area (Å²) in [5.41, 5.74) is 1.88. The number of hydrogen-bond donors (Lipinski definition) is 0. The van der Waals surface area contributed by atoms with Crippen LogP contribution in [0.25, 0.3) is 0 Å². The van der Waals surface area contributed by atoms with Gasteiger partial charge in [0.25, 0.3) is 5.91 Å². The number of benzene rings is 1. The van der Waals surface area contributed by atoms with E-state index in [9.17, 15) is 4.79 Å². The van der Waals surface area contributed by atoms with Gasteiger partial charge in [0.05, 0.1) is 0 Å².